The first-order chi connectivity index (χ1) is 11.1. The second-order valence-electron chi connectivity index (χ2n) is 7.09. The van der Waals surface area contributed by atoms with Crippen molar-refractivity contribution in [2.45, 2.75) is 45.3 Å². The van der Waals surface area contributed by atoms with Gasteiger partial charge in [0.05, 0.1) is 24.2 Å². The van der Waals surface area contributed by atoms with Crippen LogP contribution in [0.4, 0.5) is 0 Å². The third kappa shape index (κ3) is 5.41. The topological polar surface area (TPSA) is 62.8 Å². The van der Waals surface area contributed by atoms with Gasteiger partial charge in [-0.3, -0.25) is 9.69 Å². The van der Waals surface area contributed by atoms with E-state index < -0.39 is 0 Å². The summed E-state index contributed by atoms with van der Waals surface area (Å²) in [7, 11) is 1.68. The number of hydrogen-bond acceptors (Lipinski definition) is 5. The average molecular weight is 327 g/mol. The second kappa shape index (κ2) is 8.97. The standard InChI is InChI=1S/C17H33N3O3/c1-14-11-20(12-15(2)23-14)10-4-7-19-16(21)17(13-22-3)5-8-18-9-6-17/h14-15,18H,4-13H2,1-3H3,(H,19,21). The first kappa shape index (κ1) is 18.6. The zero-order valence-electron chi connectivity index (χ0n) is 14.9. The Kier molecular flexibility index (Phi) is 7.27. The number of rotatable bonds is 7. The smallest absolute Gasteiger partial charge is 0.228 e. The van der Waals surface area contributed by atoms with E-state index in [-0.39, 0.29) is 11.3 Å². The Morgan fingerprint density at radius 1 is 1.30 bits per heavy atom. The molecule has 2 aliphatic heterocycles. The monoisotopic (exact) mass is 327 g/mol. The molecule has 2 atom stereocenters. The van der Waals surface area contributed by atoms with Crippen LogP contribution in [0, 0.1) is 5.41 Å². The molecule has 2 saturated heterocycles. The molecule has 2 rings (SSSR count). The molecule has 6 nitrogen and oxygen atoms in total. The molecule has 2 unspecified atom stereocenters. The van der Waals surface area contributed by atoms with Gasteiger partial charge in [-0.25, -0.2) is 0 Å². The molecule has 0 aromatic carbocycles. The van der Waals surface area contributed by atoms with E-state index in [1.54, 1.807) is 7.11 Å². The van der Waals surface area contributed by atoms with Gasteiger partial charge in [-0.1, -0.05) is 0 Å². The number of nitrogens with one attached hydrogen (secondary N) is 2. The Bertz CT molecular complexity index is 357. The predicted octanol–water partition coefficient (Wildman–Crippen LogP) is 0.618. The lowest BCUT2D eigenvalue weighted by atomic mass is 9.78. The molecule has 2 fully saturated rings. The highest BCUT2D eigenvalue weighted by Crippen LogP contribution is 2.29. The number of carbonyl (C=O) groups is 1. The minimum absolute atomic E-state index is 0.157. The maximum absolute atomic E-state index is 12.6. The van der Waals surface area contributed by atoms with Crippen molar-refractivity contribution < 1.29 is 14.3 Å². The first-order valence-electron chi connectivity index (χ1n) is 8.91. The number of carbonyl (C=O) groups excluding carboxylic acids is 1. The third-order valence-corrected chi connectivity index (χ3v) is 4.89. The summed E-state index contributed by atoms with van der Waals surface area (Å²) in [5.74, 6) is 0.157. The lowest BCUT2D eigenvalue weighted by molar-refractivity contribution is -0.136. The fourth-order valence-corrected chi connectivity index (χ4v) is 3.78. The van der Waals surface area contributed by atoms with Crippen LogP contribution in [0.3, 0.4) is 0 Å². The molecule has 6 heteroatoms. The summed E-state index contributed by atoms with van der Waals surface area (Å²) in [4.78, 5) is 15.0. The maximum atomic E-state index is 12.6. The van der Waals surface area contributed by atoms with Gasteiger partial charge in [-0.05, 0) is 46.2 Å². The van der Waals surface area contributed by atoms with Crippen LogP contribution < -0.4 is 10.6 Å². The van der Waals surface area contributed by atoms with Crippen LogP contribution in [-0.4, -0.2) is 76.0 Å². The van der Waals surface area contributed by atoms with Crippen LogP contribution in [0.25, 0.3) is 0 Å². The highest BCUT2D eigenvalue weighted by atomic mass is 16.5. The van der Waals surface area contributed by atoms with E-state index >= 15 is 0 Å². The molecule has 0 spiro atoms. The maximum Gasteiger partial charge on any atom is 0.228 e. The molecule has 23 heavy (non-hydrogen) atoms. The van der Waals surface area contributed by atoms with Crippen molar-refractivity contribution in [3.05, 3.63) is 0 Å². The van der Waals surface area contributed by atoms with Crippen LogP contribution in [0.5, 0.6) is 0 Å². The fourth-order valence-electron chi connectivity index (χ4n) is 3.78. The van der Waals surface area contributed by atoms with Crippen LogP contribution in [-0.2, 0) is 14.3 Å². The number of piperidine rings is 1. The number of ether oxygens (including phenoxy) is 2. The predicted molar refractivity (Wildman–Crippen MR) is 90.5 cm³/mol. The minimum atomic E-state index is -0.345. The largest absolute Gasteiger partial charge is 0.384 e. The van der Waals surface area contributed by atoms with Crippen LogP contribution in [0.15, 0.2) is 0 Å². The number of methoxy groups -OCH3 is 1. The van der Waals surface area contributed by atoms with Gasteiger partial charge < -0.3 is 20.1 Å². The fraction of sp³-hybridized carbons (Fsp3) is 0.941. The van der Waals surface area contributed by atoms with E-state index in [4.69, 9.17) is 9.47 Å². The summed E-state index contributed by atoms with van der Waals surface area (Å²) in [6.45, 7) is 10.2. The Labute approximate surface area is 140 Å². The number of morpholine rings is 1. The van der Waals surface area contributed by atoms with Crippen molar-refractivity contribution in [1.29, 1.82) is 0 Å². The second-order valence-corrected chi connectivity index (χ2v) is 7.09. The van der Waals surface area contributed by atoms with Gasteiger partial charge in [0.15, 0.2) is 0 Å². The molecule has 134 valence electrons. The van der Waals surface area contributed by atoms with Gasteiger partial charge in [-0.2, -0.15) is 0 Å². The molecule has 0 saturated carbocycles. The molecule has 2 heterocycles. The van der Waals surface area contributed by atoms with Crippen molar-refractivity contribution in [1.82, 2.24) is 15.5 Å². The molecule has 2 N–H and O–H groups in total. The molecular weight excluding hydrogens is 294 g/mol. The van der Waals surface area contributed by atoms with Crippen molar-refractivity contribution in [2.75, 3.05) is 53.0 Å². The Hall–Kier alpha value is -0.690. The summed E-state index contributed by atoms with van der Waals surface area (Å²) in [6.07, 6.45) is 3.28. The Morgan fingerprint density at radius 3 is 2.57 bits per heavy atom. The highest BCUT2D eigenvalue weighted by Gasteiger charge is 2.39. The number of hydrogen-bond donors (Lipinski definition) is 2. The van der Waals surface area contributed by atoms with E-state index in [0.29, 0.717) is 18.8 Å². The summed E-state index contributed by atoms with van der Waals surface area (Å²) >= 11 is 0. The molecule has 0 aromatic heterocycles. The highest BCUT2D eigenvalue weighted by molar-refractivity contribution is 5.82. The zero-order valence-corrected chi connectivity index (χ0v) is 14.9. The van der Waals surface area contributed by atoms with Crippen molar-refractivity contribution >= 4 is 5.91 Å². The Morgan fingerprint density at radius 2 is 1.96 bits per heavy atom. The zero-order chi connectivity index (χ0) is 16.7. The van der Waals surface area contributed by atoms with Crippen molar-refractivity contribution in [3.63, 3.8) is 0 Å². The average Bonchev–Trinajstić information content (AvgIpc) is 2.51. The number of amides is 1. The summed E-state index contributed by atoms with van der Waals surface area (Å²) < 4.78 is 11.1. The summed E-state index contributed by atoms with van der Waals surface area (Å²) in [5, 5.41) is 6.45. The van der Waals surface area contributed by atoms with Gasteiger partial charge in [0.25, 0.3) is 0 Å². The lowest BCUT2D eigenvalue weighted by Crippen LogP contribution is -2.50. The van der Waals surface area contributed by atoms with E-state index in [1.165, 1.54) is 0 Å². The van der Waals surface area contributed by atoms with Crippen molar-refractivity contribution in [3.8, 4) is 0 Å². The molecule has 0 bridgehead atoms. The summed E-state index contributed by atoms with van der Waals surface area (Å²) in [6, 6.07) is 0. The minimum Gasteiger partial charge on any atom is -0.384 e. The van der Waals surface area contributed by atoms with Gasteiger partial charge >= 0.3 is 0 Å². The van der Waals surface area contributed by atoms with Crippen LogP contribution >= 0.6 is 0 Å². The summed E-state index contributed by atoms with van der Waals surface area (Å²) in [5.41, 5.74) is -0.345. The Balaban J connectivity index is 1.71. The van der Waals surface area contributed by atoms with E-state index in [0.717, 1.165) is 58.5 Å². The molecule has 0 radical (unpaired) electrons. The normalized spacial score (nSPS) is 28.5. The van der Waals surface area contributed by atoms with Gasteiger partial charge in [0.1, 0.15) is 0 Å². The van der Waals surface area contributed by atoms with Crippen LogP contribution in [0.2, 0.25) is 0 Å². The van der Waals surface area contributed by atoms with Crippen molar-refractivity contribution in [2.24, 2.45) is 5.41 Å². The molecule has 0 aromatic rings. The third-order valence-electron chi connectivity index (χ3n) is 4.89. The van der Waals surface area contributed by atoms with Crippen LogP contribution in [0.1, 0.15) is 33.1 Å². The van der Waals surface area contributed by atoms with E-state index in [1.807, 2.05) is 0 Å². The van der Waals surface area contributed by atoms with Gasteiger partial charge in [-0.15, -0.1) is 0 Å². The van der Waals surface area contributed by atoms with Gasteiger partial charge in [0, 0.05) is 33.3 Å². The van der Waals surface area contributed by atoms with Gasteiger partial charge in [0.2, 0.25) is 5.91 Å². The quantitative estimate of drug-likeness (QED) is 0.671. The molecule has 1 amide bonds. The number of nitrogens with zero attached hydrogens (tertiary/aromatic N) is 1. The van der Waals surface area contributed by atoms with E-state index in [9.17, 15) is 4.79 Å². The first-order valence-corrected chi connectivity index (χ1v) is 8.91. The lowest BCUT2D eigenvalue weighted by Gasteiger charge is -2.36. The van der Waals surface area contributed by atoms with E-state index in [2.05, 4.69) is 29.4 Å². The SMILES string of the molecule is COCC1(C(=O)NCCCN2CC(C)OC(C)C2)CCNCC1. The molecule has 2 aliphatic rings. The molecular formula is C17H33N3O3. The molecule has 0 aliphatic carbocycles.